The standard InChI is InChI=1S/C11H13N3/c1-8(9-5-6-9)13-11-4-2-3-10(7-12)14-11/h2-4,8-9H,5-6H2,1H3,(H,13,14). The summed E-state index contributed by atoms with van der Waals surface area (Å²) in [6.07, 6.45) is 2.62. The molecule has 0 amide bonds. The first-order valence-electron chi connectivity index (χ1n) is 4.93. The van der Waals surface area contributed by atoms with Gasteiger partial charge in [-0.25, -0.2) is 4.98 Å². The average Bonchev–Trinajstić information content (AvgIpc) is 3.01. The molecule has 1 atom stereocenters. The van der Waals surface area contributed by atoms with Gasteiger partial charge in [0.25, 0.3) is 0 Å². The summed E-state index contributed by atoms with van der Waals surface area (Å²) in [4.78, 5) is 4.17. The van der Waals surface area contributed by atoms with Crippen LogP contribution in [0.2, 0.25) is 0 Å². The Labute approximate surface area is 83.8 Å². The molecule has 1 N–H and O–H groups in total. The maximum absolute atomic E-state index is 8.68. The van der Waals surface area contributed by atoms with Gasteiger partial charge >= 0.3 is 0 Å². The normalized spacial score (nSPS) is 17.1. The third-order valence-electron chi connectivity index (χ3n) is 2.57. The van der Waals surface area contributed by atoms with Gasteiger partial charge < -0.3 is 5.32 Å². The van der Waals surface area contributed by atoms with Crippen molar-refractivity contribution in [3.8, 4) is 6.07 Å². The van der Waals surface area contributed by atoms with E-state index in [9.17, 15) is 0 Å². The van der Waals surface area contributed by atoms with Crippen LogP contribution < -0.4 is 5.32 Å². The van der Waals surface area contributed by atoms with Crippen molar-refractivity contribution in [3.05, 3.63) is 23.9 Å². The van der Waals surface area contributed by atoms with E-state index in [1.807, 2.05) is 18.2 Å². The van der Waals surface area contributed by atoms with Gasteiger partial charge in [0.05, 0.1) is 0 Å². The lowest BCUT2D eigenvalue weighted by molar-refractivity contribution is 0.690. The van der Waals surface area contributed by atoms with Crippen molar-refractivity contribution in [2.24, 2.45) is 5.92 Å². The second-order valence-electron chi connectivity index (χ2n) is 3.79. The molecular weight excluding hydrogens is 174 g/mol. The van der Waals surface area contributed by atoms with Gasteiger partial charge in [-0.15, -0.1) is 0 Å². The van der Waals surface area contributed by atoms with Crippen molar-refractivity contribution in [2.45, 2.75) is 25.8 Å². The molecule has 0 aromatic carbocycles. The molecule has 1 heterocycles. The fourth-order valence-corrected chi connectivity index (χ4v) is 1.52. The Morgan fingerprint density at radius 1 is 1.57 bits per heavy atom. The summed E-state index contributed by atoms with van der Waals surface area (Å²) < 4.78 is 0. The van der Waals surface area contributed by atoms with E-state index in [1.165, 1.54) is 12.8 Å². The largest absolute Gasteiger partial charge is 0.367 e. The fraction of sp³-hybridized carbons (Fsp3) is 0.455. The topological polar surface area (TPSA) is 48.7 Å². The minimum atomic E-state index is 0.469. The molecule has 1 aromatic rings. The Morgan fingerprint density at radius 3 is 3.00 bits per heavy atom. The van der Waals surface area contributed by atoms with E-state index in [4.69, 9.17) is 5.26 Å². The van der Waals surface area contributed by atoms with E-state index < -0.39 is 0 Å². The Kier molecular flexibility index (Phi) is 2.36. The summed E-state index contributed by atoms with van der Waals surface area (Å²) in [7, 11) is 0. The van der Waals surface area contributed by atoms with E-state index in [2.05, 4.69) is 17.2 Å². The number of pyridine rings is 1. The molecule has 3 heteroatoms. The van der Waals surface area contributed by atoms with Crippen LogP contribution in [0.5, 0.6) is 0 Å². The van der Waals surface area contributed by atoms with E-state index in [1.54, 1.807) is 6.07 Å². The Bertz CT molecular complexity index is 363. The third-order valence-corrected chi connectivity index (χ3v) is 2.57. The summed E-state index contributed by atoms with van der Waals surface area (Å²) in [5.74, 6) is 1.60. The van der Waals surface area contributed by atoms with E-state index in [-0.39, 0.29) is 0 Å². The number of aromatic nitrogens is 1. The molecule has 0 saturated heterocycles. The van der Waals surface area contributed by atoms with Crippen LogP contribution in [0, 0.1) is 17.2 Å². The van der Waals surface area contributed by atoms with Crippen molar-refractivity contribution >= 4 is 5.82 Å². The lowest BCUT2D eigenvalue weighted by Gasteiger charge is -2.12. The zero-order valence-electron chi connectivity index (χ0n) is 8.20. The molecule has 1 saturated carbocycles. The summed E-state index contributed by atoms with van der Waals surface area (Å²) >= 11 is 0. The molecule has 1 aromatic heterocycles. The first kappa shape index (κ1) is 9.01. The highest BCUT2D eigenvalue weighted by Gasteiger charge is 2.27. The molecule has 1 aliphatic rings. The van der Waals surface area contributed by atoms with Gasteiger partial charge in [-0.05, 0) is 37.8 Å². The highest BCUT2D eigenvalue weighted by atomic mass is 15.0. The van der Waals surface area contributed by atoms with Crippen LogP contribution >= 0.6 is 0 Å². The van der Waals surface area contributed by atoms with Crippen molar-refractivity contribution in [3.63, 3.8) is 0 Å². The summed E-state index contributed by atoms with van der Waals surface area (Å²) in [6.45, 7) is 2.17. The lowest BCUT2D eigenvalue weighted by Crippen LogP contribution is -2.18. The SMILES string of the molecule is CC(Nc1cccc(C#N)n1)C1CC1. The Hall–Kier alpha value is -1.56. The molecular formula is C11H13N3. The second-order valence-corrected chi connectivity index (χ2v) is 3.79. The minimum Gasteiger partial charge on any atom is -0.367 e. The van der Waals surface area contributed by atoms with E-state index >= 15 is 0 Å². The second kappa shape index (κ2) is 3.67. The number of rotatable bonds is 3. The molecule has 1 aliphatic carbocycles. The number of nitrogens with zero attached hydrogens (tertiary/aromatic N) is 2. The monoisotopic (exact) mass is 187 g/mol. The van der Waals surface area contributed by atoms with Crippen LogP contribution in [0.4, 0.5) is 5.82 Å². The van der Waals surface area contributed by atoms with Gasteiger partial charge in [0.15, 0.2) is 0 Å². The molecule has 14 heavy (non-hydrogen) atoms. The number of nitriles is 1. The van der Waals surface area contributed by atoms with E-state index in [0.29, 0.717) is 11.7 Å². The quantitative estimate of drug-likeness (QED) is 0.788. The molecule has 0 spiro atoms. The highest BCUT2D eigenvalue weighted by Crippen LogP contribution is 2.33. The predicted molar refractivity (Wildman–Crippen MR) is 54.8 cm³/mol. The zero-order chi connectivity index (χ0) is 9.97. The first-order chi connectivity index (χ1) is 6.79. The molecule has 0 aliphatic heterocycles. The minimum absolute atomic E-state index is 0.469. The lowest BCUT2D eigenvalue weighted by atomic mass is 10.2. The van der Waals surface area contributed by atoms with Crippen LogP contribution in [-0.2, 0) is 0 Å². The van der Waals surface area contributed by atoms with Crippen LogP contribution in [0.15, 0.2) is 18.2 Å². The maximum Gasteiger partial charge on any atom is 0.142 e. The van der Waals surface area contributed by atoms with Crippen molar-refractivity contribution in [1.82, 2.24) is 4.98 Å². The molecule has 1 unspecified atom stereocenters. The van der Waals surface area contributed by atoms with E-state index in [0.717, 1.165) is 11.7 Å². The van der Waals surface area contributed by atoms with Crippen molar-refractivity contribution < 1.29 is 0 Å². The maximum atomic E-state index is 8.68. The van der Waals surface area contributed by atoms with Gasteiger partial charge in [0.1, 0.15) is 17.6 Å². The molecule has 72 valence electrons. The number of hydrogen-bond donors (Lipinski definition) is 1. The fourth-order valence-electron chi connectivity index (χ4n) is 1.52. The van der Waals surface area contributed by atoms with Crippen LogP contribution in [0.25, 0.3) is 0 Å². The number of hydrogen-bond acceptors (Lipinski definition) is 3. The molecule has 0 radical (unpaired) electrons. The smallest absolute Gasteiger partial charge is 0.142 e. The van der Waals surface area contributed by atoms with Gasteiger partial charge in [-0.2, -0.15) is 5.26 Å². The molecule has 1 fully saturated rings. The summed E-state index contributed by atoms with van der Waals surface area (Å²) in [5, 5.41) is 12.0. The Morgan fingerprint density at radius 2 is 2.36 bits per heavy atom. The summed E-state index contributed by atoms with van der Waals surface area (Å²) in [5.41, 5.74) is 0.470. The zero-order valence-corrected chi connectivity index (χ0v) is 8.20. The average molecular weight is 187 g/mol. The molecule has 0 bridgehead atoms. The predicted octanol–water partition coefficient (Wildman–Crippen LogP) is 2.16. The molecule has 2 rings (SSSR count). The first-order valence-corrected chi connectivity index (χ1v) is 4.93. The van der Waals surface area contributed by atoms with Crippen LogP contribution in [-0.4, -0.2) is 11.0 Å². The van der Waals surface area contributed by atoms with Gasteiger partial charge in [0.2, 0.25) is 0 Å². The van der Waals surface area contributed by atoms with Crippen molar-refractivity contribution in [1.29, 1.82) is 5.26 Å². The third kappa shape index (κ3) is 2.02. The molecule has 3 nitrogen and oxygen atoms in total. The van der Waals surface area contributed by atoms with Gasteiger partial charge in [0, 0.05) is 6.04 Å². The van der Waals surface area contributed by atoms with Gasteiger partial charge in [-0.3, -0.25) is 0 Å². The van der Waals surface area contributed by atoms with Crippen molar-refractivity contribution in [2.75, 3.05) is 5.32 Å². The van der Waals surface area contributed by atoms with Crippen LogP contribution in [0.3, 0.4) is 0 Å². The highest BCUT2D eigenvalue weighted by molar-refractivity contribution is 5.39. The Balaban J connectivity index is 2.04. The van der Waals surface area contributed by atoms with Crippen LogP contribution in [0.1, 0.15) is 25.5 Å². The number of anilines is 1. The number of nitrogens with one attached hydrogen (secondary N) is 1. The van der Waals surface area contributed by atoms with Gasteiger partial charge in [-0.1, -0.05) is 6.07 Å². The summed E-state index contributed by atoms with van der Waals surface area (Å²) in [6, 6.07) is 7.98.